The van der Waals surface area contributed by atoms with Crippen LogP contribution in [0.25, 0.3) is 22.3 Å². The molecule has 11 heteroatoms. The summed E-state index contributed by atoms with van der Waals surface area (Å²) in [7, 11) is 0. The zero-order chi connectivity index (χ0) is 32.0. The number of hydrogen-bond acceptors (Lipinski definition) is 8. The van der Waals surface area contributed by atoms with Crippen molar-refractivity contribution in [3.05, 3.63) is 62.1 Å². The molecule has 2 fully saturated rings. The molecule has 2 aromatic heterocycles. The van der Waals surface area contributed by atoms with Gasteiger partial charge in [-0.15, -0.1) is 0 Å². The van der Waals surface area contributed by atoms with Crippen LogP contribution in [-0.2, 0) is 34.9 Å². The lowest BCUT2D eigenvalue weighted by molar-refractivity contribution is -1.12. The second kappa shape index (κ2) is 12.7. The van der Waals surface area contributed by atoms with Crippen LogP contribution in [0.15, 0.2) is 29.1 Å². The number of hydrogen-bond donors (Lipinski definition) is 2. The van der Waals surface area contributed by atoms with Gasteiger partial charge >= 0.3 is 6.09 Å². The Morgan fingerprint density at radius 2 is 1.91 bits per heavy atom. The molecule has 0 spiro atoms. The van der Waals surface area contributed by atoms with Crippen molar-refractivity contribution in [3.8, 4) is 17.1 Å². The number of nitrogens with zero attached hydrogens (tertiary/aromatic N) is 3. The van der Waals surface area contributed by atoms with Gasteiger partial charge in [-0.25, -0.2) is 9.78 Å². The van der Waals surface area contributed by atoms with E-state index in [-0.39, 0.29) is 24.7 Å². The highest BCUT2D eigenvalue weighted by atomic mass is 16.9. The van der Waals surface area contributed by atoms with Crippen LogP contribution in [0.5, 0.6) is 5.75 Å². The smallest absolute Gasteiger partial charge is 0.415 e. The van der Waals surface area contributed by atoms with Crippen LogP contribution in [0, 0.1) is 11.1 Å². The summed E-state index contributed by atoms with van der Waals surface area (Å²) in [5.41, 5.74) is 2.35. The van der Waals surface area contributed by atoms with Gasteiger partial charge in [0.25, 0.3) is 11.3 Å². The molecule has 46 heavy (non-hydrogen) atoms. The maximum atomic E-state index is 13.6. The third-order valence-electron chi connectivity index (χ3n) is 10.6. The van der Waals surface area contributed by atoms with Crippen LogP contribution in [0.2, 0.25) is 0 Å². The molecule has 2 atom stereocenters. The van der Waals surface area contributed by atoms with E-state index in [1.165, 1.54) is 32.1 Å². The summed E-state index contributed by atoms with van der Waals surface area (Å²) in [6.45, 7) is 6.07. The fraction of sp³-hybridized carbons (Fsp3) is 0.571. The van der Waals surface area contributed by atoms with E-state index in [1.807, 2.05) is 12.1 Å². The first-order valence-corrected chi connectivity index (χ1v) is 17.0. The van der Waals surface area contributed by atoms with Crippen molar-refractivity contribution in [2.75, 3.05) is 19.7 Å². The second-order valence-corrected chi connectivity index (χ2v) is 13.3. The number of piperidine rings is 1. The number of aromatic nitrogens is 2. The number of carbonyl (C=O) groups is 1. The molecule has 1 aliphatic carbocycles. The predicted molar refractivity (Wildman–Crippen MR) is 171 cm³/mol. The van der Waals surface area contributed by atoms with Crippen LogP contribution >= 0.6 is 0 Å². The number of amides is 1. The zero-order valence-electron chi connectivity index (χ0n) is 26.8. The van der Waals surface area contributed by atoms with E-state index in [4.69, 9.17) is 19.3 Å². The molecule has 4 aliphatic rings. The highest BCUT2D eigenvalue weighted by Gasteiger charge is 2.45. The van der Waals surface area contributed by atoms with Gasteiger partial charge in [0.2, 0.25) is 0 Å². The first-order valence-electron chi connectivity index (χ1n) is 17.0. The summed E-state index contributed by atoms with van der Waals surface area (Å²) in [5, 5.41) is 23.8. The van der Waals surface area contributed by atoms with Gasteiger partial charge in [-0.1, -0.05) is 33.1 Å². The molecular weight excluding hydrogens is 588 g/mol. The number of quaternary nitrogens is 1. The largest absolute Gasteiger partial charge is 0.597 e. The average Bonchev–Trinajstić information content (AvgIpc) is 3.45. The lowest BCUT2D eigenvalue weighted by atomic mass is 9.94. The molecule has 246 valence electrons. The number of ether oxygens (including phenoxy) is 2. The van der Waals surface area contributed by atoms with E-state index in [2.05, 4.69) is 6.92 Å². The van der Waals surface area contributed by atoms with Crippen molar-refractivity contribution < 1.29 is 29.4 Å². The lowest BCUT2D eigenvalue weighted by Crippen LogP contribution is -3.14. The molecule has 11 nitrogen and oxygen atoms in total. The molecule has 2 N–H and O–H groups in total. The van der Waals surface area contributed by atoms with Gasteiger partial charge in [0, 0.05) is 37.1 Å². The molecule has 3 aromatic rings. The van der Waals surface area contributed by atoms with Gasteiger partial charge in [0.1, 0.15) is 12.4 Å². The SMILES string of the molecule is CCc1c2c(nc3ccc(OC(=O)N4CCC(CCOC5CCCCC5)CC4)cc13)-c1cc3c(c(=O)n1C2)CO[NH+]([O-])[C@]3(O)CC. The van der Waals surface area contributed by atoms with Crippen molar-refractivity contribution in [2.24, 2.45) is 5.92 Å². The molecule has 1 unspecified atom stereocenters. The minimum Gasteiger partial charge on any atom is -0.597 e. The molecule has 1 amide bonds. The number of carbonyl (C=O) groups excluding carboxylic acids is 1. The van der Waals surface area contributed by atoms with Crippen LogP contribution in [-0.4, -0.2) is 51.5 Å². The standard InChI is InChI=1S/C35H44N4O7/c1-3-25-26-18-24(46-34(41)37-15-12-22(13-16-37)14-17-44-23-8-6-5-7-9-23)10-11-30(26)36-32-27(25)20-38-31(32)19-29-28(33(38)40)21-45-39(43)35(29,42)4-2/h10-11,18-19,22-23,39,42H,3-9,12-17,20-21H2,1-2H3/t35-/m0/s1. The third kappa shape index (κ3) is 5.51. The predicted octanol–water partition coefficient (Wildman–Crippen LogP) is 4.32. The van der Waals surface area contributed by atoms with Crippen molar-refractivity contribution in [1.82, 2.24) is 14.5 Å². The molecule has 0 radical (unpaired) electrons. The first-order chi connectivity index (χ1) is 22.3. The normalized spacial score (nSPS) is 23.3. The van der Waals surface area contributed by atoms with Gasteiger partial charge in [0.05, 0.1) is 40.7 Å². The van der Waals surface area contributed by atoms with Gasteiger partial charge in [-0.3, -0.25) is 4.79 Å². The fourth-order valence-corrected chi connectivity index (χ4v) is 7.81. The maximum absolute atomic E-state index is 13.6. The van der Waals surface area contributed by atoms with Crippen LogP contribution in [0.3, 0.4) is 0 Å². The second-order valence-electron chi connectivity index (χ2n) is 13.3. The number of nitrogens with one attached hydrogen (secondary N) is 1. The highest BCUT2D eigenvalue weighted by molar-refractivity contribution is 5.89. The van der Waals surface area contributed by atoms with Crippen molar-refractivity contribution in [3.63, 3.8) is 0 Å². The van der Waals surface area contributed by atoms with Gasteiger partial charge < -0.3 is 29.3 Å². The Hall–Kier alpha value is -3.35. The van der Waals surface area contributed by atoms with E-state index in [1.54, 1.807) is 28.5 Å². The zero-order valence-corrected chi connectivity index (χ0v) is 26.8. The number of fused-ring (bicyclic) bond motifs is 5. The Balaban J connectivity index is 1.06. The summed E-state index contributed by atoms with van der Waals surface area (Å²) in [5.74, 6) is 1.03. The molecule has 0 bridgehead atoms. The Morgan fingerprint density at radius 1 is 1.13 bits per heavy atom. The number of benzene rings is 1. The van der Waals surface area contributed by atoms with Gasteiger partial charge in [-0.05, 0) is 74.3 Å². The topological polar surface area (TPSA) is 131 Å². The molecule has 1 saturated carbocycles. The van der Waals surface area contributed by atoms with Crippen LogP contribution in [0.4, 0.5) is 4.79 Å². The van der Waals surface area contributed by atoms with E-state index in [0.29, 0.717) is 66.3 Å². The minimum absolute atomic E-state index is 0.0921. The van der Waals surface area contributed by atoms with Crippen LogP contribution < -0.4 is 15.5 Å². The molecule has 1 saturated heterocycles. The quantitative estimate of drug-likeness (QED) is 0.288. The van der Waals surface area contributed by atoms with Crippen molar-refractivity contribution in [2.45, 2.75) is 103 Å². The molecular formula is C35H44N4O7. The Bertz CT molecular complexity index is 1690. The lowest BCUT2D eigenvalue weighted by Gasteiger charge is -2.40. The van der Waals surface area contributed by atoms with Crippen molar-refractivity contribution in [1.29, 1.82) is 0 Å². The monoisotopic (exact) mass is 632 g/mol. The molecule has 1 aromatic carbocycles. The Labute approximate surface area is 268 Å². The molecule has 3 aliphatic heterocycles. The number of pyridine rings is 2. The summed E-state index contributed by atoms with van der Waals surface area (Å²) in [6.07, 6.45) is 10.1. The number of hydroxylamine groups is 2. The van der Waals surface area contributed by atoms with E-state index >= 15 is 0 Å². The van der Waals surface area contributed by atoms with E-state index < -0.39 is 11.0 Å². The first kappa shape index (κ1) is 31.3. The van der Waals surface area contributed by atoms with Crippen LogP contribution in [0.1, 0.15) is 93.9 Å². The molecule has 7 rings (SSSR count). The summed E-state index contributed by atoms with van der Waals surface area (Å²) in [4.78, 5) is 38.7. The highest BCUT2D eigenvalue weighted by Crippen LogP contribution is 2.39. The van der Waals surface area contributed by atoms with Crippen molar-refractivity contribution >= 4 is 17.0 Å². The van der Waals surface area contributed by atoms with E-state index in [9.17, 15) is 19.9 Å². The number of rotatable bonds is 7. The Kier molecular flexibility index (Phi) is 8.62. The minimum atomic E-state index is -1.87. The number of aliphatic hydroxyl groups is 1. The van der Waals surface area contributed by atoms with E-state index in [0.717, 1.165) is 47.9 Å². The third-order valence-corrected chi connectivity index (χ3v) is 10.6. The maximum Gasteiger partial charge on any atom is 0.415 e. The number of likely N-dealkylation sites (tertiary alicyclic amines) is 1. The summed E-state index contributed by atoms with van der Waals surface area (Å²) < 4.78 is 13.7. The average molecular weight is 633 g/mol. The fourth-order valence-electron chi connectivity index (χ4n) is 7.81. The number of aryl methyl sites for hydroxylation is 1. The summed E-state index contributed by atoms with van der Waals surface area (Å²) >= 11 is 0. The Morgan fingerprint density at radius 3 is 2.65 bits per heavy atom. The van der Waals surface area contributed by atoms with Gasteiger partial charge in [0.15, 0.2) is 0 Å². The van der Waals surface area contributed by atoms with Gasteiger partial charge in [-0.2, -0.15) is 10.1 Å². The summed E-state index contributed by atoms with van der Waals surface area (Å²) in [6, 6.07) is 7.20. The molecule has 5 heterocycles.